The van der Waals surface area contributed by atoms with E-state index in [9.17, 15) is 18.4 Å². The van der Waals surface area contributed by atoms with Crippen LogP contribution >= 0.6 is 0 Å². The first-order chi connectivity index (χ1) is 13.0. The molecule has 2 aromatic carbocycles. The number of piperazine rings is 1. The highest BCUT2D eigenvalue weighted by atomic mass is 19.1. The highest BCUT2D eigenvalue weighted by Crippen LogP contribution is 2.48. The van der Waals surface area contributed by atoms with E-state index in [1.165, 1.54) is 24.3 Å². The summed E-state index contributed by atoms with van der Waals surface area (Å²) in [5.74, 6) is -0.974. The number of halogens is 2. The van der Waals surface area contributed by atoms with Crippen molar-refractivity contribution in [2.75, 3.05) is 26.2 Å². The maximum absolute atomic E-state index is 13.8. The quantitative estimate of drug-likeness (QED) is 0.833. The molecule has 2 unspecified atom stereocenters. The first kappa shape index (κ1) is 17.6. The Morgan fingerprint density at radius 1 is 0.852 bits per heavy atom. The van der Waals surface area contributed by atoms with E-state index in [1.807, 2.05) is 0 Å². The van der Waals surface area contributed by atoms with Gasteiger partial charge in [0.25, 0.3) is 5.91 Å². The summed E-state index contributed by atoms with van der Waals surface area (Å²) in [6.07, 6.45) is 0.777. The van der Waals surface area contributed by atoms with Crippen LogP contribution in [-0.4, -0.2) is 47.8 Å². The van der Waals surface area contributed by atoms with Crippen LogP contribution < -0.4 is 0 Å². The normalized spacial score (nSPS) is 21.9. The maximum atomic E-state index is 13.8. The molecule has 0 bridgehead atoms. The Morgan fingerprint density at radius 2 is 1.48 bits per heavy atom. The summed E-state index contributed by atoms with van der Waals surface area (Å²) in [6.45, 7) is 1.69. The molecule has 1 saturated heterocycles. The van der Waals surface area contributed by atoms with E-state index in [0.29, 0.717) is 26.2 Å². The maximum Gasteiger partial charge on any atom is 0.256 e. The lowest BCUT2D eigenvalue weighted by molar-refractivity contribution is -0.134. The van der Waals surface area contributed by atoms with E-state index in [1.54, 1.807) is 34.1 Å². The molecule has 1 heterocycles. The molecule has 2 amide bonds. The topological polar surface area (TPSA) is 40.6 Å². The molecule has 1 saturated carbocycles. The summed E-state index contributed by atoms with van der Waals surface area (Å²) in [5, 5.41) is 0. The fourth-order valence-electron chi connectivity index (χ4n) is 3.72. The summed E-state index contributed by atoms with van der Waals surface area (Å²) < 4.78 is 26.8. The van der Waals surface area contributed by atoms with Crippen LogP contribution in [-0.2, 0) is 4.79 Å². The van der Waals surface area contributed by atoms with Crippen molar-refractivity contribution in [2.24, 2.45) is 5.92 Å². The number of benzene rings is 2. The molecule has 6 heteroatoms. The van der Waals surface area contributed by atoms with Gasteiger partial charge in [-0.25, -0.2) is 8.78 Å². The lowest BCUT2D eigenvalue weighted by Gasteiger charge is -2.35. The van der Waals surface area contributed by atoms with Crippen molar-refractivity contribution in [3.8, 4) is 0 Å². The van der Waals surface area contributed by atoms with Gasteiger partial charge in [-0.3, -0.25) is 9.59 Å². The number of hydrogen-bond acceptors (Lipinski definition) is 2. The molecule has 0 aromatic heterocycles. The zero-order chi connectivity index (χ0) is 19.0. The summed E-state index contributed by atoms with van der Waals surface area (Å²) in [4.78, 5) is 28.5. The van der Waals surface area contributed by atoms with E-state index in [2.05, 4.69) is 0 Å². The summed E-state index contributed by atoms with van der Waals surface area (Å²) in [7, 11) is 0. The fraction of sp³-hybridized carbons (Fsp3) is 0.333. The van der Waals surface area contributed by atoms with Crippen molar-refractivity contribution in [2.45, 2.75) is 12.3 Å². The smallest absolute Gasteiger partial charge is 0.256 e. The van der Waals surface area contributed by atoms with E-state index >= 15 is 0 Å². The van der Waals surface area contributed by atoms with Crippen LogP contribution in [0.15, 0.2) is 48.5 Å². The molecule has 2 aromatic rings. The van der Waals surface area contributed by atoms with Gasteiger partial charge in [0.2, 0.25) is 5.91 Å². The Balaban J connectivity index is 1.33. The summed E-state index contributed by atoms with van der Waals surface area (Å²) >= 11 is 0. The number of carbonyl (C=O) groups is 2. The highest BCUT2D eigenvalue weighted by Gasteiger charge is 2.46. The Bertz CT molecular complexity index is 861. The minimum Gasteiger partial charge on any atom is -0.339 e. The molecule has 140 valence electrons. The average molecular weight is 370 g/mol. The van der Waals surface area contributed by atoms with Crippen LogP contribution in [0.3, 0.4) is 0 Å². The predicted octanol–water partition coefficient (Wildman–Crippen LogP) is 3.05. The lowest BCUT2D eigenvalue weighted by atomic mass is 10.1. The second kappa shape index (κ2) is 7.10. The molecule has 4 rings (SSSR count). The number of amides is 2. The van der Waals surface area contributed by atoms with Gasteiger partial charge >= 0.3 is 0 Å². The van der Waals surface area contributed by atoms with Crippen LogP contribution in [0.4, 0.5) is 8.78 Å². The highest BCUT2D eigenvalue weighted by molar-refractivity contribution is 5.94. The van der Waals surface area contributed by atoms with Crippen molar-refractivity contribution in [1.29, 1.82) is 0 Å². The first-order valence-corrected chi connectivity index (χ1v) is 9.12. The van der Waals surface area contributed by atoms with Gasteiger partial charge in [0.15, 0.2) is 0 Å². The summed E-state index contributed by atoms with van der Waals surface area (Å²) in [6, 6.07) is 12.2. The van der Waals surface area contributed by atoms with E-state index in [-0.39, 0.29) is 35.0 Å². The Labute approximate surface area is 156 Å². The fourth-order valence-corrected chi connectivity index (χ4v) is 3.72. The van der Waals surface area contributed by atoms with Gasteiger partial charge in [-0.05, 0) is 42.2 Å². The van der Waals surface area contributed by atoms with Gasteiger partial charge in [-0.2, -0.15) is 0 Å². The molecule has 2 atom stereocenters. The van der Waals surface area contributed by atoms with Crippen LogP contribution in [0.2, 0.25) is 0 Å². The van der Waals surface area contributed by atoms with E-state index in [4.69, 9.17) is 0 Å². The van der Waals surface area contributed by atoms with Crippen molar-refractivity contribution in [3.63, 3.8) is 0 Å². The van der Waals surface area contributed by atoms with Crippen LogP contribution in [0, 0.1) is 17.6 Å². The molecule has 2 aliphatic rings. The lowest BCUT2D eigenvalue weighted by Crippen LogP contribution is -2.51. The average Bonchev–Trinajstić information content (AvgIpc) is 3.49. The van der Waals surface area contributed by atoms with Gasteiger partial charge < -0.3 is 9.80 Å². The van der Waals surface area contributed by atoms with Crippen molar-refractivity contribution in [1.82, 2.24) is 9.80 Å². The third-order valence-electron chi connectivity index (χ3n) is 5.39. The SMILES string of the molecule is O=C(c1ccccc1F)N1CCN(C(=O)C2CC2c2ccc(F)cc2)CC1. The Kier molecular flexibility index (Phi) is 4.64. The predicted molar refractivity (Wildman–Crippen MR) is 96.1 cm³/mol. The number of hydrogen-bond donors (Lipinski definition) is 0. The monoisotopic (exact) mass is 370 g/mol. The third-order valence-corrected chi connectivity index (χ3v) is 5.39. The Morgan fingerprint density at radius 3 is 2.15 bits per heavy atom. The Hall–Kier alpha value is -2.76. The second-order valence-corrected chi connectivity index (χ2v) is 7.10. The zero-order valence-electron chi connectivity index (χ0n) is 14.8. The van der Waals surface area contributed by atoms with Gasteiger partial charge in [-0.1, -0.05) is 24.3 Å². The molecule has 1 aliphatic carbocycles. The molecule has 0 radical (unpaired) electrons. The van der Waals surface area contributed by atoms with E-state index in [0.717, 1.165) is 12.0 Å². The van der Waals surface area contributed by atoms with Crippen molar-refractivity contribution in [3.05, 3.63) is 71.3 Å². The first-order valence-electron chi connectivity index (χ1n) is 9.12. The van der Waals surface area contributed by atoms with Crippen LogP contribution in [0.5, 0.6) is 0 Å². The molecular weight excluding hydrogens is 350 g/mol. The molecular formula is C21H20F2N2O2. The molecule has 1 aliphatic heterocycles. The molecule has 0 spiro atoms. The third kappa shape index (κ3) is 3.56. The molecule has 2 fully saturated rings. The zero-order valence-corrected chi connectivity index (χ0v) is 14.8. The molecule has 0 N–H and O–H groups in total. The minimum absolute atomic E-state index is 0.0655. The second-order valence-electron chi connectivity index (χ2n) is 7.10. The summed E-state index contributed by atoms with van der Waals surface area (Å²) in [5.41, 5.74) is 1.05. The van der Waals surface area contributed by atoms with Crippen molar-refractivity contribution >= 4 is 11.8 Å². The number of carbonyl (C=O) groups excluding carboxylic acids is 2. The van der Waals surface area contributed by atoms with Crippen LogP contribution in [0.25, 0.3) is 0 Å². The standard InChI is InChI=1S/C21H20F2N2O2/c22-15-7-5-14(6-8-15)17-13-18(17)21(27)25-11-9-24(10-12-25)20(26)16-3-1-2-4-19(16)23/h1-8,17-18H,9-13H2. The minimum atomic E-state index is -0.527. The largest absolute Gasteiger partial charge is 0.339 e. The number of rotatable bonds is 3. The van der Waals surface area contributed by atoms with Gasteiger partial charge in [0.1, 0.15) is 11.6 Å². The van der Waals surface area contributed by atoms with Crippen molar-refractivity contribution < 1.29 is 18.4 Å². The van der Waals surface area contributed by atoms with Gasteiger partial charge in [0, 0.05) is 32.1 Å². The van der Waals surface area contributed by atoms with E-state index < -0.39 is 5.82 Å². The molecule has 4 nitrogen and oxygen atoms in total. The number of nitrogens with zero attached hydrogens (tertiary/aromatic N) is 2. The van der Waals surface area contributed by atoms with Gasteiger partial charge in [-0.15, -0.1) is 0 Å². The molecule has 27 heavy (non-hydrogen) atoms. The van der Waals surface area contributed by atoms with Gasteiger partial charge in [0.05, 0.1) is 5.56 Å². The van der Waals surface area contributed by atoms with Crippen LogP contribution in [0.1, 0.15) is 28.3 Å².